The highest BCUT2D eigenvalue weighted by Crippen LogP contribution is 2.45. The fourth-order valence-corrected chi connectivity index (χ4v) is 5.64. The zero-order valence-electron chi connectivity index (χ0n) is 22.0. The number of aromatic nitrogens is 1. The molecule has 0 saturated carbocycles. The van der Waals surface area contributed by atoms with Crippen LogP contribution in [0.1, 0.15) is 84.3 Å². The summed E-state index contributed by atoms with van der Waals surface area (Å²) in [4.78, 5) is 30.6. The molecule has 0 bridgehead atoms. The Morgan fingerprint density at radius 1 is 1.23 bits per heavy atom. The molecule has 0 amide bonds. The van der Waals surface area contributed by atoms with E-state index in [2.05, 4.69) is 11.9 Å². The summed E-state index contributed by atoms with van der Waals surface area (Å²) < 4.78 is 11.9. The number of aliphatic hydroxyl groups is 2. The third kappa shape index (κ3) is 6.59. The summed E-state index contributed by atoms with van der Waals surface area (Å²) in [7, 11) is 0. The number of aliphatic hydroxyl groups excluding tert-OH is 2. The molecule has 2 aliphatic rings. The predicted octanol–water partition coefficient (Wildman–Crippen LogP) is 4.48. The Hall–Kier alpha value is -1.61. The van der Waals surface area contributed by atoms with Crippen molar-refractivity contribution in [2.24, 2.45) is 17.3 Å². The SMILES string of the molecule is CC(=Cc1csc(C)n1)[C@H]1C[C@@H]2O[C@@]2(C)CCC[C@@H](C)[C@H](O)[C@@H](C)C(=O)C(C)(C)[C@H](O)CC(=O)O1. The maximum atomic E-state index is 13.2. The van der Waals surface area contributed by atoms with Gasteiger partial charge in [0.1, 0.15) is 11.9 Å². The van der Waals surface area contributed by atoms with Gasteiger partial charge in [-0.3, -0.25) is 9.59 Å². The number of thiazole rings is 1. The third-order valence-corrected chi connectivity index (χ3v) is 8.72. The Bertz CT molecular complexity index is 955. The molecule has 2 fully saturated rings. The normalized spacial score (nSPS) is 37.5. The first-order valence-corrected chi connectivity index (χ1v) is 13.5. The quantitative estimate of drug-likeness (QED) is 0.449. The van der Waals surface area contributed by atoms with Gasteiger partial charge in [-0.2, -0.15) is 0 Å². The number of hydrogen-bond donors (Lipinski definition) is 2. The lowest BCUT2D eigenvalue weighted by molar-refractivity contribution is -0.154. The minimum atomic E-state index is -1.23. The van der Waals surface area contributed by atoms with Crippen molar-refractivity contribution in [3.05, 3.63) is 21.7 Å². The molecule has 35 heavy (non-hydrogen) atoms. The average Bonchev–Trinajstić information content (AvgIpc) is 3.22. The number of ketones is 1. The topological polar surface area (TPSA) is 109 Å². The van der Waals surface area contributed by atoms with Crippen molar-refractivity contribution in [1.82, 2.24) is 4.98 Å². The van der Waals surface area contributed by atoms with E-state index in [1.807, 2.05) is 32.2 Å². The number of nitrogens with zero attached hydrogens (tertiary/aromatic N) is 1. The second kappa shape index (κ2) is 10.8. The number of cyclic esters (lactones) is 1. The molecule has 0 aliphatic carbocycles. The molecule has 1 aromatic heterocycles. The number of fused-ring (bicyclic) bond motifs is 1. The first-order valence-electron chi connectivity index (χ1n) is 12.6. The van der Waals surface area contributed by atoms with E-state index in [9.17, 15) is 19.8 Å². The van der Waals surface area contributed by atoms with Crippen molar-refractivity contribution in [3.63, 3.8) is 0 Å². The fourth-order valence-electron chi connectivity index (χ4n) is 5.07. The average molecular weight is 508 g/mol. The summed E-state index contributed by atoms with van der Waals surface area (Å²) in [6, 6.07) is 0. The molecule has 1 aromatic rings. The molecule has 0 spiro atoms. The van der Waals surface area contributed by atoms with Gasteiger partial charge in [-0.25, -0.2) is 4.98 Å². The molecule has 2 aliphatic heterocycles. The van der Waals surface area contributed by atoms with E-state index in [1.54, 1.807) is 32.1 Å². The van der Waals surface area contributed by atoms with Crippen LogP contribution in [0.4, 0.5) is 0 Å². The monoisotopic (exact) mass is 507 g/mol. The van der Waals surface area contributed by atoms with E-state index in [1.165, 1.54) is 0 Å². The number of ether oxygens (including phenoxy) is 2. The van der Waals surface area contributed by atoms with Gasteiger partial charge in [0.2, 0.25) is 0 Å². The van der Waals surface area contributed by atoms with Crippen LogP contribution in [0.3, 0.4) is 0 Å². The molecule has 0 unspecified atom stereocenters. The summed E-state index contributed by atoms with van der Waals surface area (Å²) in [5.74, 6) is -1.55. The molecule has 3 heterocycles. The van der Waals surface area contributed by atoms with E-state index in [4.69, 9.17) is 9.47 Å². The number of epoxide rings is 1. The molecule has 3 rings (SSSR count). The highest BCUT2D eigenvalue weighted by Gasteiger charge is 2.53. The fraction of sp³-hybridized carbons (Fsp3) is 0.741. The van der Waals surface area contributed by atoms with E-state index in [0.29, 0.717) is 6.42 Å². The summed E-state index contributed by atoms with van der Waals surface area (Å²) in [6.07, 6.45) is 1.98. The maximum absolute atomic E-state index is 13.2. The Balaban J connectivity index is 1.85. The molecule has 2 N–H and O–H groups in total. The van der Waals surface area contributed by atoms with E-state index in [-0.39, 0.29) is 29.8 Å². The van der Waals surface area contributed by atoms with Crippen molar-refractivity contribution in [2.45, 2.75) is 111 Å². The number of carbonyl (C=O) groups is 2. The lowest BCUT2D eigenvalue weighted by Gasteiger charge is -2.34. The van der Waals surface area contributed by atoms with Crippen LogP contribution in [-0.2, 0) is 19.1 Å². The second-order valence-corrected chi connectivity index (χ2v) is 12.3. The van der Waals surface area contributed by atoms with Gasteiger partial charge in [0.25, 0.3) is 0 Å². The van der Waals surface area contributed by atoms with Crippen molar-refractivity contribution in [3.8, 4) is 0 Å². The van der Waals surface area contributed by atoms with E-state index >= 15 is 0 Å². The number of carbonyl (C=O) groups excluding carboxylic acids is 2. The second-order valence-electron chi connectivity index (χ2n) is 11.3. The van der Waals surface area contributed by atoms with Crippen LogP contribution in [0.2, 0.25) is 0 Å². The molecule has 7 atom stereocenters. The first kappa shape index (κ1) is 28.0. The van der Waals surface area contributed by atoms with Crippen LogP contribution in [-0.4, -0.2) is 57.0 Å². The molecule has 0 aromatic carbocycles. The largest absolute Gasteiger partial charge is 0.458 e. The minimum Gasteiger partial charge on any atom is -0.458 e. The third-order valence-electron chi connectivity index (χ3n) is 7.93. The highest BCUT2D eigenvalue weighted by atomic mass is 32.1. The number of hydrogen-bond acceptors (Lipinski definition) is 8. The van der Waals surface area contributed by atoms with Crippen molar-refractivity contribution in [2.75, 3.05) is 0 Å². The van der Waals surface area contributed by atoms with E-state index < -0.39 is 35.6 Å². The van der Waals surface area contributed by atoms with Gasteiger partial charge in [0.05, 0.1) is 46.5 Å². The number of rotatable bonds is 2. The summed E-state index contributed by atoms with van der Waals surface area (Å²) in [5.41, 5.74) is 0.179. The van der Waals surface area contributed by atoms with Gasteiger partial charge in [-0.05, 0) is 51.2 Å². The van der Waals surface area contributed by atoms with Crippen LogP contribution in [0.5, 0.6) is 0 Å². The van der Waals surface area contributed by atoms with Gasteiger partial charge < -0.3 is 19.7 Å². The number of aryl methyl sites for hydroxylation is 1. The minimum absolute atomic E-state index is 0.0455. The predicted molar refractivity (Wildman–Crippen MR) is 136 cm³/mol. The van der Waals surface area contributed by atoms with Gasteiger partial charge in [-0.1, -0.05) is 34.1 Å². The molecule has 196 valence electrons. The Kier molecular flexibility index (Phi) is 8.62. The summed E-state index contributed by atoms with van der Waals surface area (Å²) in [5, 5.41) is 24.6. The first-order chi connectivity index (χ1) is 16.2. The van der Waals surface area contributed by atoms with Crippen LogP contribution >= 0.6 is 11.3 Å². The van der Waals surface area contributed by atoms with E-state index in [0.717, 1.165) is 35.5 Å². The molecule has 7 nitrogen and oxygen atoms in total. The number of Topliss-reactive ketones (excluding diaryl/α,β-unsaturated/α-hetero) is 1. The zero-order valence-corrected chi connectivity index (χ0v) is 22.9. The van der Waals surface area contributed by atoms with Crippen molar-refractivity contribution >= 4 is 29.2 Å². The molecule has 8 heteroatoms. The highest BCUT2D eigenvalue weighted by molar-refractivity contribution is 7.09. The van der Waals surface area contributed by atoms with Gasteiger partial charge in [0, 0.05) is 17.7 Å². The standard InChI is InChI=1S/C27H41NO6S/c1-15-9-8-10-27(7)22(34-27)12-20(16(2)11-19-14-35-18(4)28-19)33-23(30)13-21(29)26(5,6)25(32)17(3)24(15)31/h11,14-15,17,20-22,24,29,31H,8-10,12-13H2,1-7H3/t15-,17-,20-,21-,22+,24+,27+/m1/s1. The lowest BCUT2D eigenvalue weighted by atomic mass is 9.73. The molecule has 2 saturated heterocycles. The van der Waals surface area contributed by atoms with Crippen molar-refractivity contribution < 1.29 is 29.3 Å². The number of esters is 1. The van der Waals surface area contributed by atoms with Crippen LogP contribution < -0.4 is 0 Å². The smallest absolute Gasteiger partial charge is 0.309 e. The van der Waals surface area contributed by atoms with Crippen molar-refractivity contribution in [1.29, 1.82) is 0 Å². The Morgan fingerprint density at radius 2 is 1.91 bits per heavy atom. The zero-order chi connectivity index (χ0) is 26.1. The summed E-state index contributed by atoms with van der Waals surface area (Å²) in [6.45, 7) is 12.8. The lowest BCUT2D eigenvalue weighted by Crippen LogP contribution is -2.45. The molecular formula is C27H41NO6S. The molecular weight excluding hydrogens is 466 g/mol. The van der Waals surface area contributed by atoms with Crippen LogP contribution in [0.25, 0.3) is 6.08 Å². The maximum Gasteiger partial charge on any atom is 0.309 e. The van der Waals surface area contributed by atoms with Crippen LogP contribution in [0.15, 0.2) is 11.0 Å². The Morgan fingerprint density at radius 3 is 2.54 bits per heavy atom. The van der Waals surface area contributed by atoms with Gasteiger partial charge >= 0.3 is 5.97 Å². The molecule has 0 radical (unpaired) electrons. The van der Waals surface area contributed by atoms with Gasteiger partial charge in [0.15, 0.2) is 0 Å². The Labute approximate surface area is 212 Å². The van der Waals surface area contributed by atoms with Crippen LogP contribution in [0, 0.1) is 24.2 Å². The summed E-state index contributed by atoms with van der Waals surface area (Å²) >= 11 is 1.56. The van der Waals surface area contributed by atoms with Gasteiger partial charge in [-0.15, -0.1) is 11.3 Å².